The van der Waals surface area contributed by atoms with Crippen molar-refractivity contribution < 1.29 is 31.8 Å². The van der Waals surface area contributed by atoms with Crippen LogP contribution in [0.5, 0.6) is 0 Å². The molecule has 5 rings (SSSR count). The summed E-state index contributed by atoms with van der Waals surface area (Å²) in [6.45, 7) is 2.06. The molecule has 0 radical (unpaired) electrons. The summed E-state index contributed by atoms with van der Waals surface area (Å²) in [6, 6.07) is 14.4. The zero-order chi connectivity index (χ0) is 27.7. The van der Waals surface area contributed by atoms with E-state index in [0.29, 0.717) is 43.4 Å². The number of halogens is 5. The predicted molar refractivity (Wildman–Crippen MR) is 138 cm³/mol. The molecule has 0 amide bonds. The van der Waals surface area contributed by atoms with Gasteiger partial charge in [-0.2, -0.15) is 13.2 Å². The molecule has 11 heteroatoms. The number of hydrogen-bond acceptors (Lipinski definition) is 6. The average Bonchev–Trinajstić information content (AvgIpc) is 2.93. The highest BCUT2D eigenvalue weighted by Crippen LogP contribution is 2.43. The Bertz CT molecular complexity index is 1340. The number of guanidine groups is 1. The number of piperazine rings is 1. The topological polar surface area (TPSA) is 51.5 Å². The molecule has 0 saturated carbocycles. The van der Waals surface area contributed by atoms with Crippen molar-refractivity contribution in [2.75, 3.05) is 43.1 Å². The van der Waals surface area contributed by atoms with Crippen molar-refractivity contribution in [3.63, 3.8) is 0 Å². The van der Waals surface area contributed by atoms with Gasteiger partial charge in [0.05, 0.1) is 17.3 Å². The van der Waals surface area contributed by atoms with Crippen LogP contribution >= 0.6 is 0 Å². The van der Waals surface area contributed by atoms with Crippen LogP contribution in [0.25, 0.3) is 0 Å². The molecule has 6 nitrogen and oxygen atoms in total. The number of hydrogen-bond donors (Lipinski definition) is 1. The molecule has 0 aliphatic carbocycles. The van der Waals surface area contributed by atoms with Gasteiger partial charge in [0, 0.05) is 56.6 Å². The number of ether oxygens (including phenoxy) is 1. The normalized spacial score (nSPS) is 18.6. The van der Waals surface area contributed by atoms with E-state index in [4.69, 9.17) is 9.73 Å². The van der Waals surface area contributed by atoms with Gasteiger partial charge in [0.25, 0.3) is 0 Å². The molecule has 206 valence electrons. The number of rotatable bonds is 5. The van der Waals surface area contributed by atoms with Gasteiger partial charge in [0.1, 0.15) is 11.6 Å². The zero-order valence-corrected chi connectivity index (χ0v) is 21.1. The molecule has 2 aliphatic rings. The Balaban J connectivity index is 1.55. The molecule has 1 saturated heterocycles. The third-order valence-electron chi connectivity index (χ3n) is 7.00. The Morgan fingerprint density at radius 3 is 2.23 bits per heavy atom. The van der Waals surface area contributed by atoms with E-state index in [1.54, 1.807) is 17.0 Å². The minimum atomic E-state index is -4.57. The molecule has 2 heterocycles. The van der Waals surface area contributed by atoms with Crippen molar-refractivity contribution in [1.29, 1.82) is 0 Å². The smallest absolute Gasteiger partial charge is 0.368 e. The van der Waals surface area contributed by atoms with Crippen molar-refractivity contribution in [2.24, 2.45) is 4.99 Å². The molecule has 3 aromatic carbocycles. The molecule has 1 fully saturated rings. The molecule has 39 heavy (non-hydrogen) atoms. The molecular weight excluding hydrogens is 519 g/mol. The molecule has 0 spiro atoms. The van der Waals surface area contributed by atoms with Crippen molar-refractivity contribution >= 4 is 23.0 Å². The molecular formula is C28H27F5N4O2. The zero-order valence-electron chi connectivity index (χ0n) is 21.1. The first-order chi connectivity index (χ1) is 18.6. The van der Waals surface area contributed by atoms with Gasteiger partial charge in [-0.1, -0.05) is 6.07 Å². The van der Waals surface area contributed by atoms with Crippen LogP contribution in [0.4, 0.5) is 39.0 Å². The van der Waals surface area contributed by atoms with E-state index in [0.717, 1.165) is 17.8 Å². The number of aliphatic imine (C=N–C) groups is 1. The number of methoxy groups -OCH3 is 1. The minimum absolute atomic E-state index is 0.0439. The van der Waals surface area contributed by atoms with Crippen molar-refractivity contribution in [1.82, 2.24) is 4.90 Å². The SMILES string of the molecule is COC(O)CC1c2cc(F)ccc2N=C(N2CCN(c3ccc(F)cc3)CC2)N1c1cccc(C(F)(F)F)c1. The Hall–Kier alpha value is -3.70. The molecule has 1 N–H and O–H groups in total. The summed E-state index contributed by atoms with van der Waals surface area (Å²) < 4.78 is 73.9. The number of alkyl halides is 3. The van der Waals surface area contributed by atoms with E-state index in [2.05, 4.69) is 4.90 Å². The van der Waals surface area contributed by atoms with Crippen LogP contribution in [0.15, 0.2) is 71.7 Å². The van der Waals surface area contributed by atoms with Gasteiger partial charge < -0.3 is 24.5 Å². The molecule has 3 aromatic rings. The Labute approximate surface area is 222 Å². The van der Waals surface area contributed by atoms with E-state index >= 15 is 0 Å². The fourth-order valence-electron chi connectivity index (χ4n) is 5.02. The number of fused-ring (bicyclic) bond motifs is 1. The second-order valence-electron chi connectivity index (χ2n) is 9.43. The van der Waals surface area contributed by atoms with Gasteiger partial charge in [0.15, 0.2) is 6.29 Å². The molecule has 2 aliphatic heterocycles. The highest BCUT2D eigenvalue weighted by Gasteiger charge is 2.38. The van der Waals surface area contributed by atoms with Gasteiger partial charge in [-0.3, -0.25) is 0 Å². The van der Waals surface area contributed by atoms with E-state index in [1.807, 2.05) is 4.90 Å². The monoisotopic (exact) mass is 546 g/mol. The Morgan fingerprint density at radius 2 is 1.56 bits per heavy atom. The van der Waals surface area contributed by atoms with Crippen LogP contribution in [-0.4, -0.2) is 55.5 Å². The fourth-order valence-corrected chi connectivity index (χ4v) is 5.02. The number of aliphatic hydroxyl groups excluding tert-OH is 1. The second kappa shape index (κ2) is 10.8. The number of benzene rings is 3. The van der Waals surface area contributed by atoms with Gasteiger partial charge in [-0.15, -0.1) is 0 Å². The summed E-state index contributed by atoms with van der Waals surface area (Å²) in [5, 5.41) is 10.4. The van der Waals surface area contributed by atoms with E-state index in [9.17, 15) is 27.1 Å². The van der Waals surface area contributed by atoms with Crippen LogP contribution in [0.3, 0.4) is 0 Å². The summed E-state index contributed by atoms with van der Waals surface area (Å²) in [5.41, 5.74) is 1.11. The van der Waals surface area contributed by atoms with Crippen LogP contribution in [-0.2, 0) is 10.9 Å². The third-order valence-corrected chi connectivity index (χ3v) is 7.00. The predicted octanol–water partition coefficient (Wildman–Crippen LogP) is 5.71. The summed E-state index contributed by atoms with van der Waals surface area (Å²) >= 11 is 0. The highest BCUT2D eigenvalue weighted by molar-refractivity contribution is 6.00. The van der Waals surface area contributed by atoms with Crippen LogP contribution < -0.4 is 9.80 Å². The van der Waals surface area contributed by atoms with E-state index in [-0.39, 0.29) is 17.9 Å². The third kappa shape index (κ3) is 5.69. The molecule has 0 aromatic heterocycles. The lowest BCUT2D eigenvalue weighted by Crippen LogP contribution is -2.55. The first kappa shape index (κ1) is 26.9. The van der Waals surface area contributed by atoms with Crippen LogP contribution in [0.1, 0.15) is 23.6 Å². The first-order valence-electron chi connectivity index (χ1n) is 12.4. The molecule has 2 atom stereocenters. The Morgan fingerprint density at radius 1 is 0.897 bits per heavy atom. The Kier molecular flexibility index (Phi) is 7.46. The van der Waals surface area contributed by atoms with Crippen molar-refractivity contribution in [3.05, 3.63) is 89.5 Å². The second-order valence-corrected chi connectivity index (χ2v) is 9.43. The lowest BCUT2D eigenvalue weighted by molar-refractivity contribution is -0.137. The number of aliphatic hydroxyl groups is 1. The highest BCUT2D eigenvalue weighted by atomic mass is 19.4. The van der Waals surface area contributed by atoms with Gasteiger partial charge in [-0.25, -0.2) is 13.8 Å². The number of anilines is 2. The number of nitrogens with zero attached hydrogens (tertiary/aromatic N) is 4. The van der Waals surface area contributed by atoms with Crippen molar-refractivity contribution in [3.8, 4) is 0 Å². The standard InChI is InChI=1S/C28H27F5N4O2/c1-39-26(38)17-25-23-16-20(30)7-10-24(23)34-27(37(25)22-4-2-3-18(15-22)28(31,32)33)36-13-11-35(12-14-36)21-8-5-19(29)6-9-21/h2-10,15-16,25-26,38H,11-14,17H2,1H3. The van der Waals surface area contributed by atoms with Crippen molar-refractivity contribution in [2.45, 2.75) is 24.9 Å². The maximum absolute atomic E-state index is 14.4. The van der Waals surface area contributed by atoms with Crippen LogP contribution in [0.2, 0.25) is 0 Å². The maximum atomic E-state index is 14.4. The maximum Gasteiger partial charge on any atom is 0.416 e. The minimum Gasteiger partial charge on any atom is -0.368 e. The quantitative estimate of drug-likeness (QED) is 0.328. The lowest BCUT2D eigenvalue weighted by Gasteiger charge is -2.45. The molecule has 0 bridgehead atoms. The van der Waals surface area contributed by atoms with Gasteiger partial charge in [0.2, 0.25) is 5.96 Å². The summed E-state index contributed by atoms with van der Waals surface area (Å²) in [7, 11) is 1.32. The summed E-state index contributed by atoms with van der Waals surface area (Å²) in [5.74, 6) is -0.466. The van der Waals surface area contributed by atoms with E-state index in [1.165, 1.54) is 49.6 Å². The summed E-state index contributed by atoms with van der Waals surface area (Å²) in [4.78, 5) is 10.4. The van der Waals surface area contributed by atoms with Crippen LogP contribution in [0, 0.1) is 11.6 Å². The first-order valence-corrected chi connectivity index (χ1v) is 12.4. The summed E-state index contributed by atoms with van der Waals surface area (Å²) in [6.07, 6.45) is -5.87. The van der Waals surface area contributed by atoms with Gasteiger partial charge >= 0.3 is 6.18 Å². The fraction of sp³-hybridized carbons (Fsp3) is 0.321. The average molecular weight is 547 g/mol. The largest absolute Gasteiger partial charge is 0.416 e. The molecule has 2 unspecified atom stereocenters. The lowest BCUT2D eigenvalue weighted by atomic mass is 9.96. The van der Waals surface area contributed by atoms with Gasteiger partial charge in [-0.05, 0) is 60.7 Å². The van der Waals surface area contributed by atoms with E-state index < -0.39 is 29.9 Å².